The van der Waals surface area contributed by atoms with Crippen LogP contribution in [0.25, 0.3) is 0 Å². The molecule has 1 saturated heterocycles. The van der Waals surface area contributed by atoms with Gasteiger partial charge in [0.2, 0.25) is 5.91 Å². The second kappa shape index (κ2) is 10.2. The van der Waals surface area contributed by atoms with E-state index in [0.29, 0.717) is 29.8 Å². The molecule has 2 aromatic rings. The number of nitrogens with zero attached hydrogens (tertiary/aromatic N) is 3. The molecule has 1 aromatic heterocycles. The number of carbonyl (C=O) groups excluding carboxylic acids is 1. The Balaban J connectivity index is 1.52. The summed E-state index contributed by atoms with van der Waals surface area (Å²) < 4.78 is 26.0. The molecule has 0 radical (unpaired) electrons. The van der Waals surface area contributed by atoms with Crippen molar-refractivity contribution in [2.24, 2.45) is 0 Å². The first-order chi connectivity index (χ1) is 13.7. The van der Waals surface area contributed by atoms with Gasteiger partial charge in [0.1, 0.15) is 18.2 Å². The molecule has 1 N–H and O–H groups in total. The SMILES string of the molecule is C=CCn1c(COc2ccc(F)cc2)nnc1SCC(=O)NC[C@@H]1CCCO1. The molecule has 0 bridgehead atoms. The van der Waals surface area contributed by atoms with E-state index < -0.39 is 0 Å². The zero-order valence-corrected chi connectivity index (χ0v) is 16.3. The molecule has 28 heavy (non-hydrogen) atoms. The fraction of sp³-hybridized carbons (Fsp3) is 0.421. The summed E-state index contributed by atoms with van der Waals surface area (Å²) in [4.78, 5) is 12.1. The number of thioether (sulfide) groups is 1. The summed E-state index contributed by atoms with van der Waals surface area (Å²) in [5, 5.41) is 11.8. The maximum absolute atomic E-state index is 13.0. The van der Waals surface area contributed by atoms with Crippen LogP contribution >= 0.6 is 11.8 Å². The van der Waals surface area contributed by atoms with E-state index in [-0.39, 0.29) is 30.2 Å². The highest BCUT2D eigenvalue weighted by Crippen LogP contribution is 2.19. The maximum Gasteiger partial charge on any atom is 0.230 e. The van der Waals surface area contributed by atoms with Crippen molar-refractivity contribution in [1.29, 1.82) is 0 Å². The number of allylic oxidation sites excluding steroid dienone is 1. The van der Waals surface area contributed by atoms with Crippen LogP contribution in [0.5, 0.6) is 5.75 Å². The highest BCUT2D eigenvalue weighted by atomic mass is 32.2. The molecule has 2 heterocycles. The Morgan fingerprint density at radius 2 is 2.25 bits per heavy atom. The largest absolute Gasteiger partial charge is 0.486 e. The molecular weight excluding hydrogens is 383 g/mol. The molecule has 0 aliphatic carbocycles. The molecule has 1 aliphatic heterocycles. The molecule has 1 amide bonds. The number of hydrogen-bond acceptors (Lipinski definition) is 6. The lowest BCUT2D eigenvalue weighted by atomic mass is 10.2. The van der Waals surface area contributed by atoms with E-state index in [4.69, 9.17) is 9.47 Å². The van der Waals surface area contributed by atoms with Gasteiger partial charge in [0.25, 0.3) is 0 Å². The van der Waals surface area contributed by atoms with Gasteiger partial charge in [-0.1, -0.05) is 17.8 Å². The molecule has 3 rings (SSSR count). The summed E-state index contributed by atoms with van der Waals surface area (Å²) in [6, 6.07) is 5.77. The molecule has 0 saturated carbocycles. The minimum absolute atomic E-state index is 0.0715. The van der Waals surface area contributed by atoms with Gasteiger partial charge >= 0.3 is 0 Å². The Morgan fingerprint density at radius 3 is 2.96 bits per heavy atom. The highest BCUT2D eigenvalue weighted by Gasteiger charge is 2.17. The number of amides is 1. The summed E-state index contributed by atoms with van der Waals surface area (Å²) >= 11 is 1.31. The second-order valence-electron chi connectivity index (χ2n) is 6.27. The predicted octanol–water partition coefficient (Wildman–Crippen LogP) is 2.57. The minimum atomic E-state index is -0.321. The lowest BCUT2D eigenvalue weighted by Gasteiger charge is -2.11. The van der Waals surface area contributed by atoms with Crippen molar-refractivity contribution in [1.82, 2.24) is 20.1 Å². The van der Waals surface area contributed by atoms with Gasteiger partial charge in [0.05, 0.1) is 11.9 Å². The number of halogens is 1. The Bertz CT molecular complexity index is 791. The lowest BCUT2D eigenvalue weighted by molar-refractivity contribution is -0.119. The number of hydrogen-bond donors (Lipinski definition) is 1. The zero-order chi connectivity index (χ0) is 19.8. The molecule has 7 nitrogen and oxygen atoms in total. The first kappa shape index (κ1) is 20.3. The maximum atomic E-state index is 13.0. The smallest absolute Gasteiger partial charge is 0.230 e. The average Bonchev–Trinajstić information content (AvgIpc) is 3.35. The van der Waals surface area contributed by atoms with Crippen molar-refractivity contribution in [3.63, 3.8) is 0 Å². The summed E-state index contributed by atoms with van der Waals surface area (Å²) in [6.45, 7) is 5.73. The molecule has 1 aromatic carbocycles. The van der Waals surface area contributed by atoms with Gasteiger partial charge in [-0.3, -0.25) is 9.36 Å². The molecule has 0 spiro atoms. The second-order valence-corrected chi connectivity index (χ2v) is 7.21. The van der Waals surface area contributed by atoms with Crippen LogP contribution in [-0.4, -0.2) is 45.7 Å². The van der Waals surface area contributed by atoms with E-state index in [2.05, 4.69) is 22.1 Å². The molecule has 1 fully saturated rings. The topological polar surface area (TPSA) is 78.3 Å². The third-order valence-electron chi connectivity index (χ3n) is 4.17. The number of ether oxygens (including phenoxy) is 2. The molecule has 150 valence electrons. The van der Waals surface area contributed by atoms with E-state index in [0.717, 1.165) is 19.4 Å². The summed E-state index contributed by atoms with van der Waals surface area (Å²) in [6.07, 6.45) is 3.88. The summed E-state index contributed by atoms with van der Waals surface area (Å²) in [7, 11) is 0. The van der Waals surface area contributed by atoms with Gasteiger partial charge in [-0.15, -0.1) is 16.8 Å². The molecular formula is C19H23FN4O3S. The van der Waals surface area contributed by atoms with Crippen LogP contribution in [0.1, 0.15) is 18.7 Å². The highest BCUT2D eigenvalue weighted by molar-refractivity contribution is 7.99. The van der Waals surface area contributed by atoms with Crippen molar-refractivity contribution in [3.05, 3.63) is 48.6 Å². The van der Waals surface area contributed by atoms with Crippen LogP contribution in [0.2, 0.25) is 0 Å². The third-order valence-corrected chi connectivity index (χ3v) is 5.14. The first-order valence-corrected chi connectivity index (χ1v) is 10.1. The molecule has 0 unspecified atom stereocenters. The predicted molar refractivity (Wildman–Crippen MR) is 104 cm³/mol. The van der Waals surface area contributed by atoms with Crippen molar-refractivity contribution in [2.45, 2.75) is 37.3 Å². The Labute approximate surface area is 167 Å². The minimum Gasteiger partial charge on any atom is -0.486 e. The fourth-order valence-electron chi connectivity index (χ4n) is 2.74. The molecule has 1 aliphatic rings. The Hall–Kier alpha value is -2.39. The van der Waals surface area contributed by atoms with E-state index in [1.165, 1.54) is 23.9 Å². The van der Waals surface area contributed by atoms with Gasteiger partial charge in [0.15, 0.2) is 11.0 Å². The number of benzene rings is 1. The van der Waals surface area contributed by atoms with E-state index in [1.807, 2.05) is 4.57 Å². The molecule has 1 atom stereocenters. The number of aromatic nitrogens is 3. The van der Waals surface area contributed by atoms with Crippen molar-refractivity contribution < 1.29 is 18.7 Å². The standard InChI is InChI=1S/C19H23FN4O3S/c1-2-9-24-17(12-27-15-7-5-14(20)6-8-15)22-23-19(24)28-13-18(25)21-11-16-4-3-10-26-16/h2,5-8,16H,1,3-4,9-13H2,(H,21,25)/t16-/m0/s1. The zero-order valence-electron chi connectivity index (χ0n) is 15.5. The Kier molecular flexibility index (Phi) is 7.44. The van der Waals surface area contributed by atoms with Crippen molar-refractivity contribution in [2.75, 3.05) is 18.9 Å². The van der Waals surface area contributed by atoms with Gasteiger partial charge in [-0.25, -0.2) is 4.39 Å². The van der Waals surface area contributed by atoms with Gasteiger partial charge in [-0.2, -0.15) is 0 Å². The van der Waals surface area contributed by atoms with E-state index >= 15 is 0 Å². The monoisotopic (exact) mass is 406 g/mol. The van der Waals surface area contributed by atoms with Crippen molar-refractivity contribution in [3.8, 4) is 5.75 Å². The normalized spacial score (nSPS) is 16.1. The van der Waals surface area contributed by atoms with E-state index in [1.54, 1.807) is 18.2 Å². The van der Waals surface area contributed by atoms with Crippen LogP contribution in [0.15, 0.2) is 42.1 Å². The van der Waals surface area contributed by atoms with Crippen LogP contribution < -0.4 is 10.1 Å². The van der Waals surface area contributed by atoms with Crippen molar-refractivity contribution >= 4 is 17.7 Å². The first-order valence-electron chi connectivity index (χ1n) is 9.08. The van der Waals surface area contributed by atoms with Gasteiger partial charge < -0.3 is 14.8 Å². The van der Waals surface area contributed by atoms with Gasteiger partial charge in [-0.05, 0) is 37.1 Å². The van der Waals surface area contributed by atoms with Crippen LogP contribution in [0.3, 0.4) is 0 Å². The number of nitrogens with one attached hydrogen (secondary N) is 1. The van der Waals surface area contributed by atoms with Crippen LogP contribution in [0, 0.1) is 5.82 Å². The summed E-state index contributed by atoms with van der Waals surface area (Å²) in [5.74, 6) is 0.987. The van der Waals surface area contributed by atoms with Crippen LogP contribution in [0.4, 0.5) is 4.39 Å². The number of rotatable bonds is 10. The summed E-state index contributed by atoms with van der Waals surface area (Å²) in [5.41, 5.74) is 0. The lowest BCUT2D eigenvalue weighted by Crippen LogP contribution is -2.32. The average molecular weight is 406 g/mol. The van der Waals surface area contributed by atoms with Gasteiger partial charge in [0, 0.05) is 19.7 Å². The quantitative estimate of drug-likeness (QED) is 0.483. The van der Waals surface area contributed by atoms with Crippen LogP contribution in [-0.2, 0) is 22.7 Å². The molecule has 9 heteroatoms. The fourth-order valence-corrected chi connectivity index (χ4v) is 3.53. The Morgan fingerprint density at radius 1 is 1.43 bits per heavy atom. The van der Waals surface area contributed by atoms with E-state index in [9.17, 15) is 9.18 Å². The number of carbonyl (C=O) groups is 1. The third kappa shape index (κ3) is 5.80.